The van der Waals surface area contributed by atoms with E-state index in [2.05, 4.69) is 26.1 Å². The van der Waals surface area contributed by atoms with Crippen molar-refractivity contribution in [2.45, 2.75) is 33.2 Å². The summed E-state index contributed by atoms with van der Waals surface area (Å²) in [5.74, 6) is 0.510. The van der Waals surface area contributed by atoms with Gasteiger partial charge >= 0.3 is 0 Å². The van der Waals surface area contributed by atoms with Gasteiger partial charge in [-0.2, -0.15) is 0 Å². The standard InChI is InChI=1S/C13H20FNO/c1-5-9(2)10(3)15-11-6-7-13(16-4)12(14)8-11/h6-10,15H,5H2,1-4H3. The number of anilines is 1. The molecule has 1 aromatic rings. The van der Waals surface area contributed by atoms with Gasteiger partial charge in [-0.05, 0) is 25.0 Å². The van der Waals surface area contributed by atoms with E-state index in [1.165, 1.54) is 13.2 Å². The van der Waals surface area contributed by atoms with Crippen molar-refractivity contribution in [2.75, 3.05) is 12.4 Å². The van der Waals surface area contributed by atoms with E-state index in [4.69, 9.17) is 4.74 Å². The molecule has 2 nitrogen and oxygen atoms in total. The summed E-state index contributed by atoms with van der Waals surface area (Å²) in [5, 5.41) is 3.29. The van der Waals surface area contributed by atoms with Crippen molar-refractivity contribution in [3.8, 4) is 5.75 Å². The minimum absolute atomic E-state index is 0.279. The second-order valence-electron chi connectivity index (χ2n) is 4.17. The molecule has 3 heteroatoms. The van der Waals surface area contributed by atoms with Gasteiger partial charge in [-0.25, -0.2) is 4.39 Å². The van der Waals surface area contributed by atoms with E-state index in [1.54, 1.807) is 6.07 Å². The topological polar surface area (TPSA) is 21.3 Å². The van der Waals surface area contributed by atoms with Crippen LogP contribution in [-0.4, -0.2) is 13.2 Å². The Kier molecular flexibility index (Phi) is 4.59. The molecule has 0 saturated heterocycles. The van der Waals surface area contributed by atoms with E-state index in [-0.39, 0.29) is 11.6 Å². The Balaban J connectivity index is 2.71. The molecular formula is C13H20FNO. The van der Waals surface area contributed by atoms with E-state index in [0.717, 1.165) is 12.1 Å². The second-order valence-corrected chi connectivity index (χ2v) is 4.17. The van der Waals surface area contributed by atoms with E-state index in [1.807, 2.05) is 6.07 Å². The summed E-state index contributed by atoms with van der Waals surface area (Å²) in [6.07, 6.45) is 1.10. The summed E-state index contributed by atoms with van der Waals surface area (Å²) in [7, 11) is 1.47. The van der Waals surface area contributed by atoms with Crippen molar-refractivity contribution in [1.82, 2.24) is 0 Å². The molecule has 0 aliphatic carbocycles. The molecule has 1 N–H and O–H groups in total. The zero-order chi connectivity index (χ0) is 12.1. The average Bonchev–Trinajstić information content (AvgIpc) is 2.28. The summed E-state index contributed by atoms with van der Waals surface area (Å²) in [5.41, 5.74) is 0.797. The molecule has 2 unspecified atom stereocenters. The molecular weight excluding hydrogens is 205 g/mol. The van der Waals surface area contributed by atoms with Crippen molar-refractivity contribution in [2.24, 2.45) is 5.92 Å². The number of hydrogen-bond donors (Lipinski definition) is 1. The first-order valence-corrected chi connectivity index (χ1v) is 5.68. The quantitative estimate of drug-likeness (QED) is 0.825. The molecule has 0 radical (unpaired) electrons. The first-order chi connectivity index (χ1) is 7.58. The fraction of sp³-hybridized carbons (Fsp3) is 0.538. The molecule has 16 heavy (non-hydrogen) atoms. The Morgan fingerprint density at radius 2 is 2.06 bits per heavy atom. The maximum absolute atomic E-state index is 13.4. The van der Waals surface area contributed by atoms with E-state index < -0.39 is 0 Å². The fourth-order valence-electron chi connectivity index (χ4n) is 1.51. The van der Waals surface area contributed by atoms with E-state index in [0.29, 0.717) is 12.0 Å². The van der Waals surface area contributed by atoms with Crippen LogP contribution in [0.5, 0.6) is 5.75 Å². The van der Waals surface area contributed by atoms with Crippen LogP contribution in [0.2, 0.25) is 0 Å². The monoisotopic (exact) mass is 225 g/mol. The molecule has 0 amide bonds. The van der Waals surface area contributed by atoms with Crippen LogP contribution in [0.3, 0.4) is 0 Å². The van der Waals surface area contributed by atoms with Gasteiger partial charge < -0.3 is 10.1 Å². The predicted octanol–water partition coefficient (Wildman–Crippen LogP) is 3.68. The zero-order valence-electron chi connectivity index (χ0n) is 10.4. The van der Waals surface area contributed by atoms with Crippen LogP contribution in [0.25, 0.3) is 0 Å². The first kappa shape index (κ1) is 12.8. The number of ether oxygens (including phenoxy) is 1. The predicted molar refractivity (Wildman–Crippen MR) is 65.5 cm³/mol. The maximum atomic E-state index is 13.4. The lowest BCUT2D eigenvalue weighted by Gasteiger charge is -2.21. The molecule has 0 aliphatic heterocycles. The minimum atomic E-state index is -0.330. The molecule has 0 heterocycles. The third kappa shape index (κ3) is 3.12. The van der Waals surface area contributed by atoms with Gasteiger partial charge in [0, 0.05) is 17.8 Å². The number of rotatable bonds is 5. The third-order valence-corrected chi connectivity index (χ3v) is 3.04. The number of halogens is 1. The highest BCUT2D eigenvalue weighted by atomic mass is 19.1. The number of methoxy groups -OCH3 is 1. The van der Waals surface area contributed by atoms with Crippen LogP contribution >= 0.6 is 0 Å². The largest absolute Gasteiger partial charge is 0.494 e. The third-order valence-electron chi connectivity index (χ3n) is 3.04. The Morgan fingerprint density at radius 3 is 2.56 bits per heavy atom. The lowest BCUT2D eigenvalue weighted by molar-refractivity contribution is 0.386. The van der Waals surface area contributed by atoms with Crippen molar-refractivity contribution in [1.29, 1.82) is 0 Å². The van der Waals surface area contributed by atoms with Crippen LogP contribution in [-0.2, 0) is 0 Å². The van der Waals surface area contributed by atoms with Gasteiger partial charge in [-0.3, -0.25) is 0 Å². The number of nitrogens with one attached hydrogen (secondary N) is 1. The van der Waals surface area contributed by atoms with Crippen LogP contribution in [0.4, 0.5) is 10.1 Å². The molecule has 90 valence electrons. The van der Waals surface area contributed by atoms with Crippen LogP contribution < -0.4 is 10.1 Å². The van der Waals surface area contributed by atoms with Crippen molar-refractivity contribution < 1.29 is 9.13 Å². The number of hydrogen-bond acceptors (Lipinski definition) is 2. The minimum Gasteiger partial charge on any atom is -0.494 e. The molecule has 0 aromatic heterocycles. The van der Waals surface area contributed by atoms with Gasteiger partial charge in [-0.1, -0.05) is 20.3 Å². The average molecular weight is 225 g/mol. The van der Waals surface area contributed by atoms with Crippen LogP contribution in [0.15, 0.2) is 18.2 Å². The van der Waals surface area contributed by atoms with Crippen molar-refractivity contribution in [3.63, 3.8) is 0 Å². The summed E-state index contributed by atoms with van der Waals surface area (Å²) >= 11 is 0. The molecule has 0 bridgehead atoms. The highest BCUT2D eigenvalue weighted by Gasteiger charge is 2.11. The summed E-state index contributed by atoms with van der Waals surface area (Å²) in [6.45, 7) is 6.44. The van der Waals surface area contributed by atoms with Gasteiger partial charge in [-0.15, -0.1) is 0 Å². The van der Waals surface area contributed by atoms with Gasteiger partial charge in [0.25, 0.3) is 0 Å². The molecule has 0 fully saturated rings. The summed E-state index contributed by atoms with van der Waals surface area (Å²) in [6, 6.07) is 5.28. The molecule has 2 atom stereocenters. The lowest BCUT2D eigenvalue weighted by atomic mass is 10.0. The maximum Gasteiger partial charge on any atom is 0.167 e. The molecule has 1 rings (SSSR count). The Hall–Kier alpha value is -1.25. The van der Waals surface area contributed by atoms with Crippen LogP contribution in [0.1, 0.15) is 27.2 Å². The zero-order valence-corrected chi connectivity index (χ0v) is 10.4. The number of benzene rings is 1. The van der Waals surface area contributed by atoms with Gasteiger partial charge in [0.05, 0.1) is 7.11 Å². The first-order valence-electron chi connectivity index (χ1n) is 5.68. The van der Waals surface area contributed by atoms with Crippen molar-refractivity contribution >= 4 is 5.69 Å². The Morgan fingerprint density at radius 1 is 1.38 bits per heavy atom. The molecule has 0 aliphatic rings. The van der Waals surface area contributed by atoms with Crippen LogP contribution in [0, 0.1) is 11.7 Å². The Bertz CT molecular complexity index is 341. The second kappa shape index (κ2) is 5.73. The van der Waals surface area contributed by atoms with Gasteiger partial charge in [0.1, 0.15) is 0 Å². The molecule has 0 spiro atoms. The van der Waals surface area contributed by atoms with E-state index >= 15 is 0 Å². The van der Waals surface area contributed by atoms with Gasteiger partial charge in [0.15, 0.2) is 11.6 Å². The highest BCUT2D eigenvalue weighted by molar-refractivity contribution is 5.47. The normalized spacial score (nSPS) is 14.3. The molecule has 1 aromatic carbocycles. The smallest absolute Gasteiger partial charge is 0.167 e. The fourth-order valence-corrected chi connectivity index (χ4v) is 1.51. The summed E-state index contributed by atoms with van der Waals surface area (Å²) < 4.78 is 18.3. The SMILES string of the molecule is CCC(C)C(C)Nc1ccc(OC)c(F)c1. The summed E-state index contributed by atoms with van der Waals surface area (Å²) in [4.78, 5) is 0. The van der Waals surface area contributed by atoms with E-state index in [9.17, 15) is 4.39 Å². The lowest BCUT2D eigenvalue weighted by Crippen LogP contribution is -2.23. The Labute approximate surface area is 96.8 Å². The van der Waals surface area contributed by atoms with Crippen molar-refractivity contribution in [3.05, 3.63) is 24.0 Å². The highest BCUT2D eigenvalue weighted by Crippen LogP contribution is 2.22. The molecule has 0 saturated carbocycles. The van der Waals surface area contributed by atoms with Gasteiger partial charge in [0.2, 0.25) is 0 Å².